The zero-order chi connectivity index (χ0) is 14.1. The van der Waals surface area contributed by atoms with Crippen LogP contribution in [0.15, 0.2) is 48.7 Å². The number of carboxylic acids is 2. The molecule has 0 saturated heterocycles. The van der Waals surface area contributed by atoms with Crippen LogP contribution in [0.4, 0.5) is 0 Å². The van der Waals surface area contributed by atoms with Gasteiger partial charge in [-0.2, -0.15) is 0 Å². The van der Waals surface area contributed by atoms with Crippen molar-refractivity contribution in [2.75, 3.05) is 0 Å². The van der Waals surface area contributed by atoms with E-state index in [0.29, 0.717) is 0 Å². The molecule has 0 radical (unpaired) electrons. The Kier molecular flexibility index (Phi) is 8.88. The molecule has 2 aromatic rings. The zero-order valence-electron chi connectivity index (χ0n) is 10.3. The number of pyridine rings is 1. The standard InChI is InChI=1S/C11H8N.C3H4O4.Pt/c1-2-6-10(7-3-1)11-8-4-5-9-12-11;4-2(5)1-3(6)7;/h1-6,8-9H;1H2,(H,4,5)(H,6,7);/q-1;;. The van der Waals surface area contributed by atoms with Crippen molar-refractivity contribution in [1.29, 1.82) is 0 Å². The maximum Gasteiger partial charge on any atom is 0.314 e. The van der Waals surface area contributed by atoms with Crippen LogP contribution < -0.4 is 0 Å². The first-order valence-electron chi connectivity index (χ1n) is 5.41. The van der Waals surface area contributed by atoms with E-state index in [1.807, 2.05) is 42.5 Å². The van der Waals surface area contributed by atoms with Crippen molar-refractivity contribution in [2.24, 2.45) is 0 Å². The van der Waals surface area contributed by atoms with E-state index in [1.165, 1.54) is 0 Å². The quantitative estimate of drug-likeness (QED) is 0.549. The number of aliphatic carboxylic acids is 2. The summed E-state index contributed by atoms with van der Waals surface area (Å²) in [5.74, 6) is -2.62. The number of benzene rings is 1. The fourth-order valence-electron chi connectivity index (χ4n) is 1.20. The van der Waals surface area contributed by atoms with Gasteiger partial charge in [0.25, 0.3) is 0 Å². The molecule has 0 aliphatic heterocycles. The minimum absolute atomic E-state index is 0. The molecule has 0 saturated carbocycles. The number of hydrogen-bond donors (Lipinski definition) is 2. The number of carboxylic acid groups (broad SMARTS) is 2. The van der Waals surface area contributed by atoms with Crippen molar-refractivity contribution in [1.82, 2.24) is 4.98 Å². The summed E-state index contributed by atoms with van der Waals surface area (Å²) in [6.45, 7) is 0. The average molecular weight is 453 g/mol. The molecule has 0 aliphatic rings. The number of rotatable bonds is 3. The maximum atomic E-state index is 9.43. The number of hydrogen-bond acceptors (Lipinski definition) is 3. The van der Waals surface area contributed by atoms with Gasteiger partial charge in [0, 0.05) is 27.3 Å². The normalized spacial score (nSPS) is 8.60. The SMILES string of the molecule is O=C(O)CC(=O)O.[Pt].[c-]1ccccc1-c1ccccn1. The van der Waals surface area contributed by atoms with Crippen LogP contribution in [-0.2, 0) is 30.7 Å². The van der Waals surface area contributed by atoms with Crippen molar-refractivity contribution in [3.8, 4) is 11.3 Å². The molecular weight excluding hydrogens is 441 g/mol. The van der Waals surface area contributed by atoms with Crippen LogP contribution in [0.3, 0.4) is 0 Å². The topological polar surface area (TPSA) is 87.5 Å². The van der Waals surface area contributed by atoms with Crippen LogP contribution >= 0.6 is 0 Å². The van der Waals surface area contributed by atoms with Crippen molar-refractivity contribution >= 4 is 11.9 Å². The van der Waals surface area contributed by atoms with E-state index in [0.717, 1.165) is 11.3 Å². The molecule has 5 nitrogen and oxygen atoms in total. The number of nitrogens with zero attached hydrogens (tertiary/aromatic N) is 1. The van der Waals surface area contributed by atoms with Gasteiger partial charge in [0.15, 0.2) is 0 Å². The molecule has 0 amide bonds. The molecule has 108 valence electrons. The van der Waals surface area contributed by atoms with Gasteiger partial charge in [-0.1, -0.05) is 12.1 Å². The van der Waals surface area contributed by atoms with Crippen molar-refractivity contribution in [3.05, 3.63) is 54.7 Å². The maximum absolute atomic E-state index is 9.43. The van der Waals surface area contributed by atoms with E-state index in [2.05, 4.69) is 11.1 Å². The van der Waals surface area contributed by atoms with Crippen LogP contribution in [0.5, 0.6) is 0 Å². The number of carbonyl (C=O) groups is 2. The van der Waals surface area contributed by atoms with Crippen molar-refractivity contribution in [3.63, 3.8) is 0 Å². The van der Waals surface area contributed by atoms with Gasteiger partial charge in [-0.05, 0) is 11.8 Å². The summed E-state index contributed by atoms with van der Waals surface area (Å²) in [4.78, 5) is 23.1. The largest absolute Gasteiger partial charge is 0.481 e. The Labute approximate surface area is 130 Å². The first-order chi connectivity index (χ1) is 9.09. The van der Waals surface area contributed by atoms with Crippen LogP contribution in [0.25, 0.3) is 11.3 Å². The molecule has 0 spiro atoms. The van der Waals surface area contributed by atoms with Crippen LogP contribution in [-0.4, -0.2) is 27.1 Å². The molecule has 0 unspecified atom stereocenters. The van der Waals surface area contributed by atoms with Crippen LogP contribution in [0, 0.1) is 6.07 Å². The van der Waals surface area contributed by atoms with Gasteiger partial charge in [0.1, 0.15) is 6.42 Å². The summed E-state index contributed by atoms with van der Waals surface area (Å²) in [6, 6.07) is 16.8. The molecule has 2 rings (SSSR count). The second kappa shape index (κ2) is 9.87. The minimum Gasteiger partial charge on any atom is -0.481 e. The van der Waals surface area contributed by atoms with Gasteiger partial charge < -0.3 is 15.2 Å². The minimum atomic E-state index is -1.31. The Morgan fingerprint density at radius 3 is 2.10 bits per heavy atom. The zero-order valence-corrected chi connectivity index (χ0v) is 12.6. The Hall–Kier alpha value is -2.00. The van der Waals surface area contributed by atoms with Crippen molar-refractivity contribution in [2.45, 2.75) is 6.42 Å². The summed E-state index contributed by atoms with van der Waals surface area (Å²) in [5, 5.41) is 15.4. The van der Waals surface area contributed by atoms with Gasteiger partial charge in [0.05, 0.1) is 0 Å². The number of aromatic nitrogens is 1. The molecule has 20 heavy (non-hydrogen) atoms. The molecule has 0 bridgehead atoms. The molecular formula is C14H12NO4Pt-. The molecule has 0 fully saturated rings. The fourth-order valence-corrected chi connectivity index (χ4v) is 1.20. The van der Waals surface area contributed by atoms with Gasteiger partial charge in [-0.15, -0.1) is 35.9 Å². The fraction of sp³-hybridized carbons (Fsp3) is 0.0714. The van der Waals surface area contributed by atoms with E-state index < -0.39 is 18.4 Å². The van der Waals surface area contributed by atoms with E-state index in [4.69, 9.17) is 10.2 Å². The van der Waals surface area contributed by atoms with Gasteiger partial charge in [-0.3, -0.25) is 9.59 Å². The van der Waals surface area contributed by atoms with Gasteiger partial charge in [0.2, 0.25) is 0 Å². The molecule has 2 N–H and O–H groups in total. The van der Waals surface area contributed by atoms with Crippen molar-refractivity contribution < 1.29 is 40.9 Å². The second-order valence-corrected chi connectivity index (χ2v) is 3.46. The summed E-state index contributed by atoms with van der Waals surface area (Å²) in [5.41, 5.74) is 2.01. The van der Waals surface area contributed by atoms with E-state index in [1.54, 1.807) is 6.20 Å². The summed E-state index contributed by atoms with van der Waals surface area (Å²) >= 11 is 0. The predicted octanol–water partition coefficient (Wildman–Crippen LogP) is 2.09. The van der Waals surface area contributed by atoms with Gasteiger partial charge >= 0.3 is 11.9 Å². The van der Waals surface area contributed by atoms with Crippen LogP contribution in [0.2, 0.25) is 0 Å². The second-order valence-electron chi connectivity index (χ2n) is 3.46. The molecule has 1 aromatic carbocycles. The molecule has 0 atom stereocenters. The third-order valence-electron chi connectivity index (χ3n) is 1.95. The Balaban J connectivity index is 0.000000396. The molecule has 1 heterocycles. The van der Waals surface area contributed by atoms with E-state index in [-0.39, 0.29) is 21.1 Å². The Bertz CT molecular complexity index is 482. The third-order valence-corrected chi connectivity index (χ3v) is 1.95. The Morgan fingerprint density at radius 1 is 1.05 bits per heavy atom. The summed E-state index contributed by atoms with van der Waals surface area (Å²) in [7, 11) is 0. The Morgan fingerprint density at radius 2 is 1.70 bits per heavy atom. The van der Waals surface area contributed by atoms with E-state index in [9.17, 15) is 9.59 Å². The monoisotopic (exact) mass is 453 g/mol. The smallest absolute Gasteiger partial charge is 0.314 e. The van der Waals surface area contributed by atoms with Gasteiger partial charge in [-0.25, -0.2) is 0 Å². The molecule has 0 aliphatic carbocycles. The predicted molar refractivity (Wildman–Crippen MR) is 68.4 cm³/mol. The first-order valence-corrected chi connectivity index (χ1v) is 5.41. The first kappa shape index (κ1) is 18.0. The average Bonchev–Trinajstić information content (AvgIpc) is 2.40. The summed E-state index contributed by atoms with van der Waals surface area (Å²) in [6.07, 6.45) is 0.982. The molecule has 6 heteroatoms. The van der Waals surface area contributed by atoms with Crippen LogP contribution in [0.1, 0.15) is 6.42 Å². The third kappa shape index (κ3) is 7.44. The summed E-state index contributed by atoms with van der Waals surface area (Å²) < 4.78 is 0. The molecule has 1 aromatic heterocycles. The van der Waals surface area contributed by atoms with E-state index >= 15 is 0 Å².